The molecule has 0 aliphatic carbocycles. The molecule has 0 spiro atoms. The Labute approximate surface area is 144 Å². The van der Waals surface area contributed by atoms with Crippen LogP contribution in [0.2, 0.25) is 10.0 Å². The summed E-state index contributed by atoms with van der Waals surface area (Å²) < 4.78 is 27.6. The Morgan fingerprint density at radius 3 is 2.48 bits per heavy atom. The molecule has 3 aromatic rings. The van der Waals surface area contributed by atoms with Gasteiger partial charge in [0.05, 0.1) is 5.02 Å². The van der Waals surface area contributed by atoms with Crippen molar-refractivity contribution in [2.75, 3.05) is 4.72 Å². The van der Waals surface area contributed by atoms with Gasteiger partial charge in [-0.25, -0.2) is 8.42 Å². The largest absolute Gasteiger partial charge is 0.358 e. The number of hydrogen-bond acceptors (Lipinski definition) is 2. The molecule has 3 rings (SSSR count). The molecule has 0 aliphatic heterocycles. The van der Waals surface area contributed by atoms with Crippen molar-refractivity contribution in [2.45, 2.75) is 18.7 Å². The van der Waals surface area contributed by atoms with Gasteiger partial charge in [-0.05, 0) is 55.8 Å². The van der Waals surface area contributed by atoms with Gasteiger partial charge in [0.25, 0.3) is 10.0 Å². The van der Waals surface area contributed by atoms with Crippen LogP contribution in [-0.4, -0.2) is 13.4 Å². The average Bonchev–Trinajstić information content (AvgIpc) is 2.73. The van der Waals surface area contributed by atoms with Gasteiger partial charge in [-0.1, -0.05) is 23.2 Å². The fourth-order valence-electron chi connectivity index (χ4n) is 2.43. The quantitative estimate of drug-likeness (QED) is 0.690. The molecule has 120 valence electrons. The van der Waals surface area contributed by atoms with E-state index in [2.05, 4.69) is 9.71 Å². The van der Waals surface area contributed by atoms with Gasteiger partial charge >= 0.3 is 0 Å². The maximum Gasteiger partial charge on any atom is 0.263 e. The molecule has 7 heteroatoms. The molecule has 0 bridgehead atoms. The van der Waals surface area contributed by atoms with Gasteiger partial charge in [0.15, 0.2) is 0 Å². The van der Waals surface area contributed by atoms with Crippen molar-refractivity contribution < 1.29 is 8.42 Å². The number of aromatic amines is 1. The van der Waals surface area contributed by atoms with Crippen LogP contribution in [0, 0.1) is 13.8 Å². The molecule has 0 fully saturated rings. The minimum atomic E-state index is -3.79. The SMILES string of the molecule is Cc1[nH]c2ccc(NS(=O)(=O)c3ccc(Cl)cc3Cl)cc2c1C. The third-order valence-electron chi connectivity index (χ3n) is 3.74. The number of H-pyrrole nitrogens is 1. The Kier molecular flexibility index (Phi) is 4.04. The number of aromatic nitrogens is 1. The van der Waals surface area contributed by atoms with Crippen LogP contribution in [0.3, 0.4) is 0 Å². The maximum absolute atomic E-state index is 12.5. The second kappa shape index (κ2) is 5.74. The molecular formula is C16H14Cl2N2O2S. The molecule has 0 saturated carbocycles. The van der Waals surface area contributed by atoms with Crippen LogP contribution in [0.25, 0.3) is 10.9 Å². The Bertz CT molecular complexity index is 1010. The van der Waals surface area contributed by atoms with Crippen molar-refractivity contribution in [2.24, 2.45) is 0 Å². The number of hydrogen-bond donors (Lipinski definition) is 2. The Balaban J connectivity index is 2.01. The molecular weight excluding hydrogens is 355 g/mol. The number of nitrogens with one attached hydrogen (secondary N) is 2. The Morgan fingerprint density at radius 1 is 1.04 bits per heavy atom. The maximum atomic E-state index is 12.5. The molecule has 23 heavy (non-hydrogen) atoms. The molecule has 0 atom stereocenters. The van der Waals surface area contributed by atoms with E-state index in [1.54, 1.807) is 12.1 Å². The van der Waals surface area contributed by atoms with Gasteiger partial charge in [0.2, 0.25) is 0 Å². The lowest BCUT2D eigenvalue weighted by atomic mass is 10.1. The van der Waals surface area contributed by atoms with Crippen LogP contribution in [-0.2, 0) is 10.0 Å². The van der Waals surface area contributed by atoms with Gasteiger partial charge in [0, 0.05) is 27.3 Å². The number of fused-ring (bicyclic) bond motifs is 1. The summed E-state index contributed by atoms with van der Waals surface area (Å²) in [4.78, 5) is 3.24. The summed E-state index contributed by atoms with van der Waals surface area (Å²) in [6.45, 7) is 3.97. The standard InChI is InChI=1S/C16H14Cl2N2O2S/c1-9-10(2)19-15-5-4-12(8-13(9)15)20-23(21,22)16-6-3-11(17)7-14(16)18/h3-8,19-20H,1-2H3. The smallest absolute Gasteiger partial charge is 0.263 e. The van der Waals surface area contributed by atoms with Crippen molar-refractivity contribution in [1.29, 1.82) is 0 Å². The van der Waals surface area contributed by atoms with Crippen LogP contribution in [0.4, 0.5) is 5.69 Å². The molecule has 2 aromatic carbocycles. The summed E-state index contributed by atoms with van der Waals surface area (Å²) in [5.41, 5.74) is 3.59. The van der Waals surface area contributed by atoms with Crippen molar-refractivity contribution in [1.82, 2.24) is 4.98 Å². The average molecular weight is 369 g/mol. The number of sulfonamides is 1. The third kappa shape index (κ3) is 3.04. The zero-order chi connectivity index (χ0) is 16.8. The minimum Gasteiger partial charge on any atom is -0.358 e. The molecule has 0 aliphatic rings. The molecule has 0 amide bonds. The highest BCUT2D eigenvalue weighted by atomic mass is 35.5. The van der Waals surface area contributed by atoms with E-state index >= 15 is 0 Å². The number of rotatable bonds is 3. The molecule has 2 N–H and O–H groups in total. The monoisotopic (exact) mass is 368 g/mol. The molecule has 1 aromatic heterocycles. The Hall–Kier alpha value is -1.69. The van der Waals surface area contributed by atoms with Gasteiger partial charge < -0.3 is 4.98 Å². The van der Waals surface area contributed by atoms with Gasteiger partial charge in [0.1, 0.15) is 4.90 Å². The van der Waals surface area contributed by atoms with Gasteiger partial charge in [-0.2, -0.15) is 0 Å². The summed E-state index contributed by atoms with van der Waals surface area (Å²) in [7, 11) is -3.79. The van der Waals surface area contributed by atoms with Gasteiger partial charge in [-0.15, -0.1) is 0 Å². The van der Waals surface area contributed by atoms with Gasteiger partial charge in [-0.3, -0.25) is 4.72 Å². The normalized spacial score (nSPS) is 11.8. The van der Waals surface area contributed by atoms with Crippen LogP contribution in [0.5, 0.6) is 0 Å². The highest BCUT2D eigenvalue weighted by Crippen LogP contribution is 2.29. The summed E-state index contributed by atoms with van der Waals surface area (Å²) in [5.74, 6) is 0. The summed E-state index contributed by atoms with van der Waals surface area (Å²) in [5, 5.41) is 1.44. The zero-order valence-electron chi connectivity index (χ0n) is 12.4. The number of aryl methyl sites for hydroxylation is 2. The summed E-state index contributed by atoms with van der Waals surface area (Å²) >= 11 is 11.8. The molecule has 0 unspecified atom stereocenters. The topological polar surface area (TPSA) is 62.0 Å². The van der Waals surface area contributed by atoms with E-state index in [1.165, 1.54) is 18.2 Å². The Morgan fingerprint density at radius 2 is 1.78 bits per heavy atom. The molecule has 0 saturated heterocycles. The lowest BCUT2D eigenvalue weighted by Crippen LogP contribution is -2.13. The minimum absolute atomic E-state index is 0.00867. The van der Waals surface area contributed by atoms with E-state index in [0.29, 0.717) is 10.7 Å². The van der Waals surface area contributed by atoms with Crippen LogP contribution in [0.15, 0.2) is 41.3 Å². The third-order valence-corrected chi connectivity index (χ3v) is 5.84. The zero-order valence-corrected chi connectivity index (χ0v) is 14.8. The second-order valence-corrected chi connectivity index (χ2v) is 7.81. The van der Waals surface area contributed by atoms with E-state index < -0.39 is 10.0 Å². The summed E-state index contributed by atoms with van der Waals surface area (Å²) in [6.07, 6.45) is 0. The van der Waals surface area contributed by atoms with E-state index in [0.717, 1.165) is 22.2 Å². The second-order valence-electron chi connectivity index (χ2n) is 5.32. The fraction of sp³-hybridized carbons (Fsp3) is 0.125. The first kappa shape index (κ1) is 16.2. The molecule has 0 radical (unpaired) electrons. The first-order chi connectivity index (χ1) is 10.8. The lowest BCUT2D eigenvalue weighted by molar-refractivity contribution is 0.601. The van der Waals surface area contributed by atoms with E-state index in [1.807, 2.05) is 19.9 Å². The first-order valence-electron chi connectivity index (χ1n) is 6.85. The lowest BCUT2D eigenvalue weighted by Gasteiger charge is -2.10. The van der Waals surface area contributed by atoms with Crippen molar-refractivity contribution in [3.63, 3.8) is 0 Å². The predicted octanol–water partition coefficient (Wildman–Crippen LogP) is 4.89. The number of halogens is 2. The highest BCUT2D eigenvalue weighted by molar-refractivity contribution is 7.92. The number of anilines is 1. The molecule has 4 nitrogen and oxygen atoms in total. The summed E-state index contributed by atoms with van der Waals surface area (Å²) in [6, 6.07) is 9.63. The van der Waals surface area contributed by atoms with E-state index in [-0.39, 0.29) is 9.92 Å². The van der Waals surface area contributed by atoms with Crippen molar-refractivity contribution in [3.05, 3.63) is 57.7 Å². The van der Waals surface area contributed by atoms with E-state index in [9.17, 15) is 8.42 Å². The predicted molar refractivity (Wildman–Crippen MR) is 95.0 cm³/mol. The van der Waals surface area contributed by atoms with Crippen molar-refractivity contribution >= 4 is 49.8 Å². The fourth-order valence-corrected chi connectivity index (χ4v) is 4.25. The number of benzene rings is 2. The van der Waals surface area contributed by atoms with Crippen LogP contribution >= 0.6 is 23.2 Å². The highest BCUT2D eigenvalue weighted by Gasteiger charge is 2.18. The van der Waals surface area contributed by atoms with Crippen molar-refractivity contribution in [3.8, 4) is 0 Å². The van der Waals surface area contributed by atoms with E-state index in [4.69, 9.17) is 23.2 Å². The molecule has 1 heterocycles. The first-order valence-corrected chi connectivity index (χ1v) is 9.08. The van der Waals surface area contributed by atoms with Crippen LogP contribution in [0.1, 0.15) is 11.3 Å². The van der Waals surface area contributed by atoms with Crippen LogP contribution < -0.4 is 4.72 Å².